The minimum atomic E-state index is -0.696. The van der Waals surface area contributed by atoms with Crippen LogP contribution in [0, 0.1) is 11.8 Å². The zero-order chi connectivity index (χ0) is 14.3. The third-order valence-electron chi connectivity index (χ3n) is 5.69. The van der Waals surface area contributed by atoms with Crippen molar-refractivity contribution >= 4 is 5.97 Å². The fraction of sp³-hybridized carbons (Fsp3) is 0.933. The van der Waals surface area contributed by atoms with Crippen molar-refractivity contribution in [1.82, 2.24) is 15.1 Å². The van der Waals surface area contributed by atoms with Crippen LogP contribution in [0.5, 0.6) is 0 Å². The number of nitrogens with one attached hydrogen (secondary N) is 1. The normalized spacial score (nSPS) is 41.6. The second kappa shape index (κ2) is 5.62. The molecule has 4 rings (SSSR count). The third kappa shape index (κ3) is 2.16. The number of likely N-dealkylation sites (tertiary alicyclic amines) is 1. The number of nitrogens with zero attached hydrogens (tertiary/aromatic N) is 2. The van der Waals surface area contributed by atoms with E-state index in [0.29, 0.717) is 18.5 Å². The fourth-order valence-corrected chi connectivity index (χ4v) is 4.85. The molecule has 0 aromatic carbocycles. The molecule has 0 radical (unpaired) electrons. The lowest BCUT2D eigenvalue weighted by atomic mass is 9.73. The molecule has 4 unspecified atom stereocenters. The molecule has 4 heterocycles. The van der Waals surface area contributed by atoms with Crippen LogP contribution in [0.2, 0.25) is 0 Å². The van der Waals surface area contributed by atoms with Gasteiger partial charge in [-0.05, 0) is 50.9 Å². The van der Waals surface area contributed by atoms with Gasteiger partial charge in [-0.1, -0.05) is 13.8 Å². The number of carboxylic acids is 1. The largest absolute Gasteiger partial charge is 0.480 e. The van der Waals surface area contributed by atoms with Crippen molar-refractivity contribution in [2.24, 2.45) is 11.8 Å². The molecule has 0 aromatic heterocycles. The predicted molar refractivity (Wildman–Crippen MR) is 77.7 cm³/mol. The Morgan fingerprint density at radius 1 is 1.35 bits per heavy atom. The maximum atomic E-state index is 11.7. The topological polar surface area (TPSA) is 55.8 Å². The maximum Gasteiger partial charge on any atom is 0.322 e. The second-order valence-electron chi connectivity index (χ2n) is 6.48. The first kappa shape index (κ1) is 14.3. The van der Waals surface area contributed by atoms with Crippen LogP contribution in [0.3, 0.4) is 0 Å². The Bertz CT molecular complexity index is 368. The van der Waals surface area contributed by atoms with Gasteiger partial charge < -0.3 is 10.4 Å². The van der Waals surface area contributed by atoms with Gasteiger partial charge in [0.05, 0.1) is 6.04 Å². The van der Waals surface area contributed by atoms with E-state index in [9.17, 15) is 9.90 Å². The molecule has 4 aliphatic heterocycles. The average molecular weight is 281 g/mol. The third-order valence-corrected chi connectivity index (χ3v) is 5.69. The van der Waals surface area contributed by atoms with Gasteiger partial charge in [0.1, 0.15) is 6.04 Å². The highest BCUT2D eigenvalue weighted by Gasteiger charge is 2.55. The molecule has 0 saturated carbocycles. The van der Waals surface area contributed by atoms with Gasteiger partial charge in [0.25, 0.3) is 0 Å². The van der Waals surface area contributed by atoms with Crippen molar-refractivity contribution in [2.75, 3.05) is 32.7 Å². The number of piperidine rings is 3. The molecule has 4 atom stereocenters. The Hall–Kier alpha value is -0.650. The molecule has 4 aliphatic rings. The first-order chi connectivity index (χ1) is 9.67. The molecule has 2 bridgehead atoms. The first-order valence-corrected chi connectivity index (χ1v) is 8.11. The molecule has 0 aromatic rings. The summed E-state index contributed by atoms with van der Waals surface area (Å²) in [5, 5.41) is 12.8. The fourth-order valence-electron chi connectivity index (χ4n) is 4.85. The van der Waals surface area contributed by atoms with E-state index in [0.717, 1.165) is 19.0 Å². The number of likely N-dealkylation sites (N-methyl/N-ethyl adjacent to an activating group) is 2. The van der Waals surface area contributed by atoms with Crippen molar-refractivity contribution in [3.05, 3.63) is 0 Å². The smallest absolute Gasteiger partial charge is 0.322 e. The van der Waals surface area contributed by atoms with Crippen molar-refractivity contribution in [1.29, 1.82) is 0 Å². The molecule has 4 fully saturated rings. The van der Waals surface area contributed by atoms with Crippen molar-refractivity contribution in [2.45, 2.75) is 44.8 Å². The summed E-state index contributed by atoms with van der Waals surface area (Å²) in [5.41, 5.74) is 0. The lowest BCUT2D eigenvalue weighted by molar-refractivity contribution is -0.142. The Morgan fingerprint density at radius 2 is 2.05 bits per heavy atom. The Balaban J connectivity index is 1.88. The number of carboxylic acid groups (broad SMARTS) is 1. The number of carbonyl (C=O) groups is 1. The van der Waals surface area contributed by atoms with Crippen LogP contribution in [0.4, 0.5) is 0 Å². The minimum absolute atomic E-state index is 0.130. The summed E-state index contributed by atoms with van der Waals surface area (Å²) >= 11 is 0. The number of hydrogen-bond donors (Lipinski definition) is 2. The van der Waals surface area contributed by atoms with Crippen LogP contribution in [-0.4, -0.2) is 71.7 Å². The molecule has 0 amide bonds. The van der Waals surface area contributed by atoms with Crippen LogP contribution in [0.15, 0.2) is 0 Å². The van der Waals surface area contributed by atoms with Crippen LogP contribution >= 0.6 is 0 Å². The quantitative estimate of drug-likeness (QED) is 0.767. The van der Waals surface area contributed by atoms with Crippen LogP contribution in [0.1, 0.15) is 26.7 Å². The Kier molecular flexibility index (Phi) is 4.02. The summed E-state index contributed by atoms with van der Waals surface area (Å²) in [7, 11) is 0. The average Bonchev–Trinajstić information content (AvgIpc) is 2.86. The molecule has 2 N–H and O–H groups in total. The van der Waals surface area contributed by atoms with E-state index in [4.69, 9.17) is 0 Å². The van der Waals surface area contributed by atoms with E-state index in [1.165, 1.54) is 25.9 Å². The van der Waals surface area contributed by atoms with Crippen LogP contribution in [-0.2, 0) is 4.79 Å². The molecule has 20 heavy (non-hydrogen) atoms. The molecule has 4 saturated heterocycles. The Morgan fingerprint density at radius 3 is 2.60 bits per heavy atom. The van der Waals surface area contributed by atoms with Gasteiger partial charge >= 0.3 is 5.97 Å². The Labute approximate surface area is 121 Å². The lowest BCUT2D eigenvalue weighted by Gasteiger charge is -2.50. The number of aliphatic carboxylic acids is 1. The summed E-state index contributed by atoms with van der Waals surface area (Å²) in [4.78, 5) is 16.7. The summed E-state index contributed by atoms with van der Waals surface area (Å²) in [6.45, 7) is 9.23. The maximum absolute atomic E-state index is 11.7. The van der Waals surface area contributed by atoms with Gasteiger partial charge in [-0.3, -0.25) is 14.6 Å². The van der Waals surface area contributed by atoms with E-state index >= 15 is 0 Å². The van der Waals surface area contributed by atoms with Gasteiger partial charge in [0.15, 0.2) is 0 Å². The highest BCUT2D eigenvalue weighted by atomic mass is 16.4. The molecular formula is C15H27N3O2. The lowest BCUT2D eigenvalue weighted by Crippen LogP contribution is -2.63. The highest BCUT2D eigenvalue weighted by Crippen LogP contribution is 2.44. The van der Waals surface area contributed by atoms with E-state index in [1.54, 1.807) is 0 Å². The van der Waals surface area contributed by atoms with Crippen molar-refractivity contribution in [3.63, 3.8) is 0 Å². The minimum Gasteiger partial charge on any atom is -0.480 e. The second-order valence-corrected chi connectivity index (χ2v) is 6.48. The van der Waals surface area contributed by atoms with E-state index in [2.05, 4.69) is 22.0 Å². The molecule has 5 heteroatoms. The standard InChI is InChI=1S/C15H27N3O2/c1-3-16-12(15(19)20)14-13-11(9-17(14)4-2)10-5-7-18(13)8-6-10/h10-14,16H,3-9H2,1-2H3,(H,19,20). The van der Waals surface area contributed by atoms with Crippen molar-refractivity contribution < 1.29 is 9.90 Å². The summed E-state index contributed by atoms with van der Waals surface area (Å²) in [6.07, 6.45) is 2.62. The number of rotatable bonds is 5. The summed E-state index contributed by atoms with van der Waals surface area (Å²) < 4.78 is 0. The van der Waals surface area contributed by atoms with Gasteiger partial charge in [0.2, 0.25) is 0 Å². The first-order valence-electron chi connectivity index (χ1n) is 8.11. The van der Waals surface area contributed by atoms with Gasteiger partial charge in [-0.15, -0.1) is 0 Å². The van der Waals surface area contributed by atoms with Crippen LogP contribution in [0.25, 0.3) is 0 Å². The zero-order valence-electron chi connectivity index (χ0n) is 12.6. The molecule has 5 nitrogen and oxygen atoms in total. The van der Waals surface area contributed by atoms with E-state index in [1.807, 2.05) is 6.92 Å². The molecule has 114 valence electrons. The van der Waals surface area contributed by atoms with Gasteiger partial charge in [0, 0.05) is 12.6 Å². The monoisotopic (exact) mass is 281 g/mol. The molecule has 0 aliphatic carbocycles. The van der Waals surface area contributed by atoms with Crippen molar-refractivity contribution in [3.8, 4) is 0 Å². The molecule has 0 spiro atoms. The van der Waals surface area contributed by atoms with Crippen LogP contribution < -0.4 is 5.32 Å². The molecular weight excluding hydrogens is 254 g/mol. The SMILES string of the molecule is CCNC(C(=O)O)C1C2C(CN1CC)C1CCN2CC1. The van der Waals surface area contributed by atoms with Gasteiger partial charge in [-0.2, -0.15) is 0 Å². The highest BCUT2D eigenvalue weighted by molar-refractivity contribution is 5.74. The summed E-state index contributed by atoms with van der Waals surface area (Å²) in [5.74, 6) is 0.807. The van der Waals surface area contributed by atoms with Gasteiger partial charge in [-0.25, -0.2) is 0 Å². The predicted octanol–water partition coefficient (Wildman–Crippen LogP) is 0.464. The van der Waals surface area contributed by atoms with E-state index < -0.39 is 12.0 Å². The number of fused-ring (bicyclic) bond motifs is 2. The zero-order valence-corrected chi connectivity index (χ0v) is 12.6. The summed E-state index contributed by atoms with van der Waals surface area (Å²) in [6, 6.07) is 0.141. The van der Waals surface area contributed by atoms with E-state index in [-0.39, 0.29) is 6.04 Å². The number of hydrogen-bond acceptors (Lipinski definition) is 4.